The maximum atomic E-state index is 12.2. The van der Waals surface area contributed by atoms with Crippen molar-refractivity contribution in [1.82, 2.24) is 4.90 Å². The molecule has 1 atom stereocenters. The Labute approximate surface area is 89.9 Å². The number of benzene rings is 1. The summed E-state index contributed by atoms with van der Waals surface area (Å²) in [6.07, 6.45) is 3.55. The molecule has 1 amide bonds. The first-order valence-electron chi connectivity index (χ1n) is 5.69. The van der Waals surface area contributed by atoms with E-state index in [2.05, 4.69) is 17.0 Å². The Morgan fingerprint density at radius 3 is 3.07 bits per heavy atom. The Hall–Kier alpha value is -1.31. The first kappa shape index (κ1) is 8.96. The molecule has 0 spiro atoms. The number of rotatable bonds is 0. The maximum Gasteiger partial charge on any atom is 0.254 e. The minimum absolute atomic E-state index is 0.257. The lowest BCUT2D eigenvalue weighted by atomic mass is 9.96. The van der Waals surface area contributed by atoms with E-state index in [9.17, 15) is 4.79 Å². The monoisotopic (exact) mass is 201 g/mol. The Morgan fingerprint density at radius 1 is 1.33 bits per heavy atom. The normalized spacial score (nSPS) is 23.9. The molecular formula is C13H15NO. The van der Waals surface area contributed by atoms with Crippen molar-refractivity contribution < 1.29 is 4.79 Å². The van der Waals surface area contributed by atoms with Gasteiger partial charge in [-0.25, -0.2) is 0 Å². The van der Waals surface area contributed by atoms with Gasteiger partial charge in [0.15, 0.2) is 0 Å². The molecule has 2 aliphatic heterocycles. The van der Waals surface area contributed by atoms with Crippen molar-refractivity contribution in [1.29, 1.82) is 0 Å². The van der Waals surface area contributed by atoms with Crippen LogP contribution < -0.4 is 0 Å². The minimum Gasteiger partial charge on any atom is -0.332 e. The van der Waals surface area contributed by atoms with E-state index in [-0.39, 0.29) is 5.91 Å². The third-order valence-corrected chi connectivity index (χ3v) is 3.64. The summed E-state index contributed by atoms with van der Waals surface area (Å²) in [5, 5.41) is 0. The zero-order chi connectivity index (χ0) is 10.4. The molecule has 0 bridgehead atoms. The quantitative estimate of drug-likeness (QED) is 0.632. The van der Waals surface area contributed by atoms with Crippen LogP contribution in [-0.2, 0) is 0 Å². The summed E-state index contributed by atoms with van der Waals surface area (Å²) in [6, 6.07) is 6.60. The number of carbonyl (C=O) groups excluding carboxylic acids is 1. The Kier molecular flexibility index (Phi) is 1.84. The molecule has 0 aromatic heterocycles. The van der Waals surface area contributed by atoms with Gasteiger partial charge in [-0.2, -0.15) is 0 Å². The molecule has 1 saturated heterocycles. The van der Waals surface area contributed by atoms with Crippen molar-refractivity contribution in [3.8, 4) is 0 Å². The Bertz CT molecular complexity index is 425. The van der Waals surface area contributed by atoms with Crippen LogP contribution in [0.2, 0.25) is 0 Å². The Morgan fingerprint density at radius 2 is 2.20 bits per heavy atom. The molecule has 1 unspecified atom stereocenters. The van der Waals surface area contributed by atoms with Crippen LogP contribution in [0.5, 0.6) is 0 Å². The van der Waals surface area contributed by atoms with Crippen LogP contribution >= 0.6 is 0 Å². The molecule has 3 rings (SSSR count). The smallest absolute Gasteiger partial charge is 0.254 e. The van der Waals surface area contributed by atoms with Crippen molar-refractivity contribution in [2.45, 2.75) is 32.2 Å². The fraction of sp³-hybridized carbons (Fsp3) is 0.462. The van der Waals surface area contributed by atoms with Crippen LogP contribution in [0.25, 0.3) is 0 Å². The zero-order valence-electron chi connectivity index (χ0n) is 8.99. The van der Waals surface area contributed by atoms with Gasteiger partial charge in [-0.15, -0.1) is 0 Å². The van der Waals surface area contributed by atoms with E-state index < -0.39 is 0 Å². The predicted molar refractivity (Wildman–Crippen MR) is 58.8 cm³/mol. The number of amides is 1. The third-order valence-electron chi connectivity index (χ3n) is 3.64. The fourth-order valence-corrected chi connectivity index (χ4v) is 2.90. The Balaban J connectivity index is 2.15. The van der Waals surface area contributed by atoms with Crippen molar-refractivity contribution in [2.75, 3.05) is 6.54 Å². The number of hydrogen-bond acceptors (Lipinski definition) is 1. The number of fused-ring (bicyclic) bond motifs is 3. The number of carbonyl (C=O) groups is 1. The van der Waals surface area contributed by atoms with E-state index in [4.69, 9.17) is 0 Å². The van der Waals surface area contributed by atoms with Crippen LogP contribution in [0.15, 0.2) is 18.2 Å². The molecule has 1 fully saturated rings. The summed E-state index contributed by atoms with van der Waals surface area (Å²) in [7, 11) is 0. The molecule has 2 nitrogen and oxygen atoms in total. The first-order chi connectivity index (χ1) is 7.29. The molecule has 1 aromatic carbocycles. The molecule has 1 aromatic rings. The van der Waals surface area contributed by atoms with Gasteiger partial charge in [-0.1, -0.05) is 18.2 Å². The van der Waals surface area contributed by atoms with Gasteiger partial charge >= 0.3 is 0 Å². The molecule has 2 heteroatoms. The lowest BCUT2D eigenvalue weighted by Gasteiger charge is -2.29. The van der Waals surface area contributed by atoms with Crippen LogP contribution in [0.3, 0.4) is 0 Å². The summed E-state index contributed by atoms with van der Waals surface area (Å²) < 4.78 is 0. The third kappa shape index (κ3) is 1.14. The second-order valence-corrected chi connectivity index (χ2v) is 4.55. The first-order valence-corrected chi connectivity index (χ1v) is 5.69. The van der Waals surface area contributed by atoms with Crippen LogP contribution in [0.1, 0.15) is 46.8 Å². The topological polar surface area (TPSA) is 20.3 Å². The van der Waals surface area contributed by atoms with E-state index in [0.717, 1.165) is 30.5 Å². The molecule has 0 saturated carbocycles. The van der Waals surface area contributed by atoms with E-state index >= 15 is 0 Å². The molecule has 2 aliphatic rings. The minimum atomic E-state index is 0.257. The highest BCUT2D eigenvalue weighted by molar-refractivity contribution is 6.00. The number of nitrogens with zero attached hydrogens (tertiary/aromatic N) is 1. The van der Waals surface area contributed by atoms with E-state index in [1.165, 1.54) is 12.0 Å². The average Bonchev–Trinajstić information content (AvgIpc) is 2.55. The second kappa shape index (κ2) is 3.09. The predicted octanol–water partition coefficient (Wildman–Crippen LogP) is 2.68. The molecule has 15 heavy (non-hydrogen) atoms. The van der Waals surface area contributed by atoms with Gasteiger partial charge < -0.3 is 4.90 Å². The lowest BCUT2D eigenvalue weighted by molar-refractivity contribution is 0.0671. The van der Waals surface area contributed by atoms with Crippen molar-refractivity contribution >= 4 is 5.91 Å². The number of aryl methyl sites for hydroxylation is 1. The summed E-state index contributed by atoms with van der Waals surface area (Å²) in [6.45, 7) is 2.98. The highest BCUT2D eigenvalue weighted by atomic mass is 16.2. The van der Waals surface area contributed by atoms with Crippen molar-refractivity contribution in [3.63, 3.8) is 0 Å². The summed E-state index contributed by atoms with van der Waals surface area (Å²) in [4.78, 5) is 14.2. The van der Waals surface area contributed by atoms with Gasteiger partial charge in [0.25, 0.3) is 5.91 Å². The van der Waals surface area contributed by atoms with Crippen LogP contribution in [0.4, 0.5) is 0 Å². The largest absolute Gasteiger partial charge is 0.332 e. The van der Waals surface area contributed by atoms with Gasteiger partial charge in [0.05, 0.1) is 6.04 Å². The molecule has 78 valence electrons. The summed E-state index contributed by atoms with van der Waals surface area (Å²) in [5.41, 5.74) is 3.37. The van der Waals surface area contributed by atoms with Gasteiger partial charge in [-0.3, -0.25) is 4.79 Å². The number of hydrogen-bond donors (Lipinski definition) is 0. The summed E-state index contributed by atoms with van der Waals surface area (Å²) in [5.74, 6) is 0.257. The van der Waals surface area contributed by atoms with Crippen molar-refractivity contribution in [3.05, 3.63) is 34.9 Å². The van der Waals surface area contributed by atoms with E-state index in [0.29, 0.717) is 6.04 Å². The van der Waals surface area contributed by atoms with Crippen molar-refractivity contribution in [2.24, 2.45) is 0 Å². The number of piperidine rings is 1. The van der Waals surface area contributed by atoms with Gasteiger partial charge in [0, 0.05) is 12.1 Å². The van der Waals surface area contributed by atoms with Gasteiger partial charge in [-0.05, 0) is 37.3 Å². The SMILES string of the molecule is Cc1cccc2c1C(=O)N1CCCCC21. The highest BCUT2D eigenvalue weighted by Gasteiger charge is 2.38. The maximum absolute atomic E-state index is 12.2. The molecule has 0 radical (unpaired) electrons. The highest BCUT2D eigenvalue weighted by Crippen LogP contribution is 2.40. The zero-order valence-corrected chi connectivity index (χ0v) is 8.99. The van der Waals surface area contributed by atoms with Crippen LogP contribution in [0, 0.1) is 6.92 Å². The fourth-order valence-electron chi connectivity index (χ4n) is 2.90. The average molecular weight is 201 g/mol. The molecular weight excluding hydrogens is 186 g/mol. The standard InChI is InChI=1S/C13H15NO/c1-9-5-4-6-10-11-7-2-3-8-14(11)13(15)12(9)10/h4-6,11H,2-3,7-8H2,1H3. The molecule has 0 aliphatic carbocycles. The summed E-state index contributed by atoms with van der Waals surface area (Å²) >= 11 is 0. The van der Waals surface area contributed by atoms with Gasteiger partial charge in [0.2, 0.25) is 0 Å². The molecule has 2 heterocycles. The second-order valence-electron chi connectivity index (χ2n) is 4.55. The lowest BCUT2D eigenvalue weighted by Crippen LogP contribution is -2.32. The van der Waals surface area contributed by atoms with E-state index in [1.807, 2.05) is 13.0 Å². The van der Waals surface area contributed by atoms with E-state index in [1.54, 1.807) is 0 Å². The molecule has 0 N–H and O–H groups in total. The van der Waals surface area contributed by atoms with Gasteiger partial charge in [0.1, 0.15) is 0 Å². The van der Waals surface area contributed by atoms with Crippen LogP contribution in [-0.4, -0.2) is 17.4 Å².